The third-order valence-corrected chi connectivity index (χ3v) is 4.19. The molecule has 1 N–H and O–H groups in total. The Balaban J connectivity index is 2.23. The van der Waals surface area contributed by atoms with Crippen molar-refractivity contribution in [3.63, 3.8) is 0 Å². The predicted octanol–water partition coefficient (Wildman–Crippen LogP) is 3.67. The van der Waals surface area contributed by atoms with E-state index in [1.807, 2.05) is 0 Å². The van der Waals surface area contributed by atoms with Gasteiger partial charge in [0.25, 0.3) is 0 Å². The van der Waals surface area contributed by atoms with Crippen molar-refractivity contribution in [2.24, 2.45) is 5.92 Å². The summed E-state index contributed by atoms with van der Waals surface area (Å²) >= 11 is 3.64. The van der Waals surface area contributed by atoms with E-state index in [2.05, 4.69) is 48.0 Å². The summed E-state index contributed by atoms with van der Waals surface area (Å²) in [6.45, 7) is 4.75. The Morgan fingerprint density at radius 3 is 2.50 bits per heavy atom. The minimum Gasteiger partial charge on any atom is -0.395 e. The molecule has 1 fully saturated rings. The number of aliphatic hydroxyl groups is 1. The van der Waals surface area contributed by atoms with Crippen LogP contribution in [-0.4, -0.2) is 11.7 Å². The molecule has 1 aromatic carbocycles. The van der Waals surface area contributed by atoms with Crippen molar-refractivity contribution in [1.82, 2.24) is 0 Å². The Labute approximate surface area is 106 Å². The van der Waals surface area contributed by atoms with Gasteiger partial charge in [-0.25, -0.2) is 0 Å². The Hall–Kier alpha value is -0.340. The largest absolute Gasteiger partial charge is 0.395 e. The van der Waals surface area contributed by atoms with Gasteiger partial charge < -0.3 is 5.11 Å². The molecule has 2 rings (SSSR count). The fraction of sp³-hybridized carbons (Fsp3) is 0.571. The molecule has 0 unspecified atom stereocenters. The van der Waals surface area contributed by atoms with E-state index in [-0.39, 0.29) is 12.0 Å². The molecule has 1 saturated carbocycles. The molecule has 1 aromatic rings. The van der Waals surface area contributed by atoms with E-state index in [0.717, 1.165) is 19.3 Å². The zero-order valence-corrected chi connectivity index (χ0v) is 11.5. The molecule has 0 amide bonds. The van der Waals surface area contributed by atoms with Crippen LogP contribution in [0.5, 0.6) is 0 Å². The van der Waals surface area contributed by atoms with Crippen LogP contribution in [0.15, 0.2) is 22.7 Å². The van der Waals surface area contributed by atoms with E-state index in [9.17, 15) is 5.11 Å². The summed E-state index contributed by atoms with van der Waals surface area (Å²) in [7, 11) is 0. The van der Waals surface area contributed by atoms with Crippen LogP contribution < -0.4 is 0 Å². The van der Waals surface area contributed by atoms with Crippen LogP contribution in [0.4, 0.5) is 0 Å². The van der Waals surface area contributed by atoms with Crippen LogP contribution in [0.3, 0.4) is 0 Å². The van der Waals surface area contributed by atoms with Crippen molar-refractivity contribution in [1.29, 1.82) is 0 Å². The fourth-order valence-electron chi connectivity index (χ4n) is 2.17. The Kier molecular flexibility index (Phi) is 3.41. The molecule has 0 heterocycles. The number of halogens is 1. The highest BCUT2D eigenvalue weighted by atomic mass is 79.9. The quantitative estimate of drug-likeness (QED) is 0.894. The van der Waals surface area contributed by atoms with Gasteiger partial charge >= 0.3 is 0 Å². The van der Waals surface area contributed by atoms with E-state index in [1.165, 1.54) is 15.6 Å². The van der Waals surface area contributed by atoms with Gasteiger partial charge in [0, 0.05) is 9.89 Å². The summed E-state index contributed by atoms with van der Waals surface area (Å²) in [5.74, 6) is 0.676. The van der Waals surface area contributed by atoms with Gasteiger partial charge in [-0.05, 0) is 42.4 Å². The molecule has 0 radical (unpaired) electrons. The molecule has 16 heavy (non-hydrogen) atoms. The van der Waals surface area contributed by atoms with Gasteiger partial charge in [-0.15, -0.1) is 0 Å². The predicted molar refractivity (Wildman–Crippen MR) is 70.7 cm³/mol. The van der Waals surface area contributed by atoms with Crippen LogP contribution in [0.2, 0.25) is 0 Å². The third kappa shape index (κ3) is 2.33. The van der Waals surface area contributed by atoms with Crippen molar-refractivity contribution in [2.45, 2.75) is 38.5 Å². The summed E-state index contributed by atoms with van der Waals surface area (Å²) in [5.41, 5.74) is 2.74. The first-order valence-corrected chi connectivity index (χ1v) is 6.76. The number of rotatable bonds is 4. The number of hydrogen-bond donors (Lipinski definition) is 1. The summed E-state index contributed by atoms with van der Waals surface area (Å²) in [6.07, 6.45) is 3.35. The van der Waals surface area contributed by atoms with Gasteiger partial charge in [-0.1, -0.05) is 41.9 Å². The van der Waals surface area contributed by atoms with Gasteiger partial charge in [0.05, 0.1) is 6.61 Å². The van der Waals surface area contributed by atoms with Crippen LogP contribution in [0.25, 0.3) is 0 Å². The van der Waals surface area contributed by atoms with Crippen LogP contribution >= 0.6 is 15.9 Å². The second-order valence-corrected chi connectivity index (χ2v) is 6.20. The standard InChI is InChI=1S/C14H19BrO/c1-10(2)7-11-3-4-12(8-13(11)15)14(9-16)5-6-14/h3-4,8,10,16H,5-7,9H2,1-2H3. The highest BCUT2D eigenvalue weighted by Crippen LogP contribution is 2.48. The van der Waals surface area contributed by atoms with Crippen molar-refractivity contribution in [3.05, 3.63) is 33.8 Å². The number of benzene rings is 1. The lowest BCUT2D eigenvalue weighted by Crippen LogP contribution is -2.12. The van der Waals surface area contributed by atoms with E-state index in [1.54, 1.807) is 0 Å². The van der Waals surface area contributed by atoms with E-state index >= 15 is 0 Å². The molecule has 0 spiro atoms. The maximum atomic E-state index is 9.40. The lowest BCUT2D eigenvalue weighted by atomic mass is 9.94. The molecule has 0 atom stereocenters. The summed E-state index contributed by atoms with van der Waals surface area (Å²) < 4.78 is 1.19. The van der Waals surface area contributed by atoms with Crippen molar-refractivity contribution >= 4 is 15.9 Å². The maximum absolute atomic E-state index is 9.40. The molecule has 0 aromatic heterocycles. The zero-order valence-electron chi connectivity index (χ0n) is 9.96. The van der Waals surface area contributed by atoms with Crippen LogP contribution in [0.1, 0.15) is 37.8 Å². The molecule has 1 nitrogen and oxygen atoms in total. The maximum Gasteiger partial charge on any atom is 0.0527 e. The molecule has 1 aliphatic rings. The molecule has 1 aliphatic carbocycles. The Morgan fingerprint density at radius 2 is 2.06 bits per heavy atom. The van der Waals surface area contributed by atoms with Crippen LogP contribution in [-0.2, 0) is 11.8 Å². The molecular formula is C14H19BrO. The summed E-state index contributed by atoms with van der Waals surface area (Å²) in [6, 6.07) is 6.59. The minimum absolute atomic E-state index is 0.0822. The lowest BCUT2D eigenvalue weighted by Gasteiger charge is -2.15. The molecule has 0 saturated heterocycles. The van der Waals surface area contributed by atoms with Crippen molar-refractivity contribution < 1.29 is 5.11 Å². The monoisotopic (exact) mass is 282 g/mol. The second-order valence-electron chi connectivity index (χ2n) is 5.34. The fourth-order valence-corrected chi connectivity index (χ4v) is 2.71. The first-order valence-electron chi connectivity index (χ1n) is 5.97. The van der Waals surface area contributed by atoms with E-state index < -0.39 is 0 Å². The van der Waals surface area contributed by atoms with Crippen molar-refractivity contribution in [3.8, 4) is 0 Å². The Morgan fingerprint density at radius 1 is 1.38 bits per heavy atom. The smallest absolute Gasteiger partial charge is 0.0527 e. The van der Waals surface area contributed by atoms with E-state index in [0.29, 0.717) is 5.92 Å². The average molecular weight is 283 g/mol. The average Bonchev–Trinajstić information content (AvgIpc) is 3.01. The normalized spacial score (nSPS) is 17.8. The first kappa shape index (κ1) is 12.1. The highest BCUT2D eigenvalue weighted by Gasteiger charge is 2.43. The summed E-state index contributed by atoms with van der Waals surface area (Å²) in [4.78, 5) is 0. The SMILES string of the molecule is CC(C)Cc1ccc(C2(CO)CC2)cc1Br. The highest BCUT2D eigenvalue weighted by molar-refractivity contribution is 9.10. The summed E-state index contributed by atoms with van der Waals surface area (Å²) in [5, 5.41) is 9.40. The topological polar surface area (TPSA) is 20.2 Å². The lowest BCUT2D eigenvalue weighted by molar-refractivity contribution is 0.255. The molecule has 88 valence electrons. The zero-order chi connectivity index (χ0) is 11.8. The molecule has 0 aliphatic heterocycles. The van der Waals surface area contributed by atoms with Gasteiger partial charge in [0.2, 0.25) is 0 Å². The Bertz CT molecular complexity index is 380. The molecular weight excluding hydrogens is 264 g/mol. The van der Waals surface area contributed by atoms with Crippen molar-refractivity contribution in [2.75, 3.05) is 6.61 Å². The van der Waals surface area contributed by atoms with E-state index in [4.69, 9.17) is 0 Å². The van der Waals surface area contributed by atoms with Crippen LogP contribution in [0, 0.1) is 5.92 Å². The number of aliphatic hydroxyl groups excluding tert-OH is 1. The first-order chi connectivity index (χ1) is 7.57. The van der Waals surface area contributed by atoms with Gasteiger partial charge in [-0.2, -0.15) is 0 Å². The number of hydrogen-bond acceptors (Lipinski definition) is 1. The molecule has 2 heteroatoms. The minimum atomic E-state index is 0.0822. The second kappa shape index (κ2) is 4.50. The van der Waals surface area contributed by atoms with Gasteiger partial charge in [0.1, 0.15) is 0 Å². The van der Waals surface area contributed by atoms with Gasteiger partial charge in [0.15, 0.2) is 0 Å². The third-order valence-electron chi connectivity index (χ3n) is 3.45. The van der Waals surface area contributed by atoms with Gasteiger partial charge in [-0.3, -0.25) is 0 Å². The molecule has 0 bridgehead atoms.